The van der Waals surface area contributed by atoms with E-state index < -0.39 is 6.29 Å². The summed E-state index contributed by atoms with van der Waals surface area (Å²) in [5.41, 5.74) is 6.48. The minimum Gasteiger partial charge on any atom is -0.392 e. The molecule has 1 aliphatic heterocycles. The number of hydrogen-bond acceptors (Lipinski definition) is 7. The van der Waals surface area contributed by atoms with Crippen LogP contribution in [0.25, 0.3) is 11.1 Å². The van der Waals surface area contributed by atoms with Gasteiger partial charge < -0.3 is 24.5 Å². The van der Waals surface area contributed by atoms with Crippen LogP contribution in [0.3, 0.4) is 0 Å². The van der Waals surface area contributed by atoms with Gasteiger partial charge in [0.25, 0.3) is 5.91 Å². The SMILES string of the molecule is Cn1ccnc1SCC1CC(c2ccc(CO)cc2)OC(c2ccc(-c3ccccc3CNC(=O)c3cccnc3)cc2)O1. The third kappa shape index (κ3) is 7.09. The number of aliphatic hydroxyl groups is 1. The van der Waals surface area contributed by atoms with Crippen molar-refractivity contribution in [1.29, 1.82) is 0 Å². The zero-order valence-corrected chi connectivity index (χ0v) is 25.2. The van der Waals surface area contributed by atoms with E-state index in [1.165, 1.54) is 0 Å². The van der Waals surface area contributed by atoms with Gasteiger partial charge >= 0.3 is 0 Å². The highest BCUT2D eigenvalue weighted by Gasteiger charge is 2.32. The second kappa shape index (κ2) is 14.0. The number of benzene rings is 3. The number of carbonyl (C=O) groups is 1. The van der Waals surface area contributed by atoms with Crippen molar-refractivity contribution in [1.82, 2.24) is 19.9 Å². The number of carbonyl (C=O) groups excluding carboxylic acids is 1. The molecule has 1 aliphatic rings. The van der Waals surface area contributed by atoms with Crippen LogP contribution in [-0.4, -0.2) is 37.4 Å². The standard InChI is InChI=1S/C35H34N4O4S/c1-39-18-17-37-35(39)44-23-30-19-32(26-10-8-24(22-40)9-11-26)43-34(42-30)27-14-12-25(13-15-27)31-7-3-2-5-28(31)21-38-33(41)29-6-4-16-36-20-29/h2-18,20,30,32,34,40H,19,21-23H2,1H3,(H,38,41). The van der Waals surface area contributed by atoms with Crippen molar-refractivity contribution in [3.63, 3.8) is 0 Å². The van der Waals surface area contributed by atoms with Gasteiger partial charge in [-0.25, -0.2) is 4.98 Å². The van der Waals surface area contributed by atoms with Crippen molar-refractivity contribution < 1.29 is 19.4 Å². The molecule has 0 radical (unpaired) electrons. The first-order valence-electron chi connectivity index (χ1n) is 14.5. The number of pyridine rings is 1. The number of thioether (sulfide) groups is 1. The van der Waals surface area contributed by atoms with E-state index in [1.54, 1.807) is 42.5 Å². The highest BCUT2D eigenvalue weighted by Crippen LogP contribution is 2.40. The van der Waals surface area contributed by atoms with E-state index in [0.717, 1.165) is 44.3 Å². The number of rotatable bonds is 10. The normalized spacial score (nSPS) is 18.2. The van der Waals surface area contributed by atoms with Gasteiger partial charge in [0.05, 0.1) is 24.4 Å². The van der Waals surface area contributed by atoms with E-state index >= 15 is 0 Å². The zero-order valence-electron chi connectivity index (χ0n) is 24.4. The predicted octanol–water partition coefficient (Wildman–Crippen LogP) is 6.24. The first kappa shape index (κ1) is 29.8. The van der Waals surface area contributed by atoms with Crippen LogP contribution in [0.1, 0.15) is 51.4 Å². The third-order valence-corrected chi connectivity index (χ3v) is 8.85. The quantitative estimate of drug-likeness (QED) is 0.182. The first-order chi connectivity index (χ1) is 21.6. The molecule has 9 heteroatoms. The zero-order chi connectivity index (χ0) is 30.3. The maximum atomic E-state index is 12.6. The number of amides is 1. The van der Waals surface area contributed by atoms with Gasteiger partial charge in [0, 0.05) is 56.1 Å². The van der Waals surface area contributed by atoms with Crippen LogP contribution in [0, 0.1) is 0 Å². The fraction of sp³-hybridized carbons (Fsp3) is 0.229. The lowest BCUT2D eigenvalue weighted by atomic mass is 9.97. The molecule has 3 heterocycles. The molecule has 2 N–H and O–H groups in total. The monoisotopic (exact) mass is 606 g/mol. The largest absolute Gasteiger partial charge is 0.392 e. The second-order valence-electron chi connectivity index (χ2n) is 10.7. The summed E-state index contributed by atoms with van der Waals surface area (Å²) < 4.78 is 15.1. The topological polar surface area (TPSA) is 98.5 Å². The molecule has 0 aliphatic carbocycles. The van der Waals surface area contributed by atoms with Crippen LogP contribution in [0.15, 0.2) is 115 Å². The number of aromatic nitrogens is 3. The Kier molecular flexibility index (Phi) is 9.48. The van der Waals surface area contributed by atoms with Crippen LogP contribution >= 0.6 is 11.8 Å². The minimum atomic E-state index is -0.540. The van der Waals surface area contributed by atoms with E-state index in [9.17, 15) is 9.90 Å². The number of imidazole rings is 1. The van der Waals surface area contributed by atoms with Crippen molar-refractivity contribution in [2.45, 2.75) is 43.2 Å². The number of hydrogen-bond donors (Lipinski definition) is 2. The lowest BCUT2D eigenvalue weighted by Gasteiger charge is -2.36. The molecular formula is C35H34N4O4S. The Morgan fingerprint density at radius 2 is 1.77 bits per heavy atom. The molecule has 1 fully saturated rings. The maximum Gasteiger partial charge on any atom is 0.253 e. The van der Waals surface area contributed by atoms with E-state index in [2.05, 4.69) is 33.5 Å². The fourth-order valence-corrected chi connectivity index (χ4v) is 6.18. The van der Waals surface area contributed by atoms with Crippen molar-refractivity contribution in [3.8, 4) is 11.1 Å². The molecule has 44 heavy (non-hydrogen) atoms. The molecule has 8 nitrogen and oxygen atoms in total. The average Bonchev–Trinajstić information content (AvgIpc) is 3.51. The van der Waals surface area contributed by atoms with Crippen LogP contribution < -0.4 is 5.32 Å². The first-order valence-corrected chi connectivity index (χ1v) is 15.5. The number of nitrogens with zero attached hydrogens (tertiary/aromatic N) is 3. The smallest absolute Gasteiger partial charge is 0.253 e. The summed E-state index contributed by atoms with van der Waals surface area (Å²) in [7, 11) is 1.99. The van der Waals surface area contributed by atoms with Gasteiger partial charge in [0.15, 0.2) is 11.4 Å². The third-order valence-electron chi connectivity index (χ3n) is 7.66. The summed E-state index contributed by atoms with van der Waals surface area (Å²) in [5, 5.41) is 13.4. The van der Waals surface area contributed by atoms with E-state index in [1.807, 2.05) is 72.4 Å². The van der Waals surface area contributed by atoms with Gasteiger partial charge in [-0.2, -0.15) is 0 Å². The summed E-state index contributed by atoms with van der Waals surface area (Å²) >= 11 is 1.67. The molecule has 3 atom stereocenters. The Bertz CT molecular complexity index is 1680. The van der Waals surface area contributed by atoms with Crippen LogP contribution in [0.2, 0.25) is 0 Å². The fourth-order valence-electron chi connectivity index (χ4n) is 5.23. The summed E-state index contributed by atoms with van der Waals surface area (Å²) in [6, 6.07) is 27.7. The summed E-state index contributed by atoms with van der Waals surface area (Å²) in [4.78, 5) is 21.1. The molecule has 0 saturated carbocycles. The van der Waals surface area contributed by atoms with Crippen LogP contribution in [-0.2, 0) is 29.7 Å². The van der Waals surface area contributed by atoms with Crippen LogP contribution in [0.5, 0.6) is 0 Å². The van der Waals surface area contributed by atoms with Crippen LogP contribution in [0.4, 0.5) is 0 Å². The molecule has 0 bridgehead atoms. The predicted molar refractivity (Wildman–Crippen MR) is 170 cm³/mol. The summed E-state index contributed by atoms with van der Waals surface area (Å²) in [5.74, 6) is 0.581. The molecule has 5 aromatic rings. The molecule has 1 saturated heterocycles. The van der Waals surface area contributed by atoms with E-state index in [4.69, 9.17) is 9.47 Å². The molecule has 1 amide bonds. The van der Waals surface area contributed by atoms with Gasteiger partial charge in [-0.05, 0) is 39.9 Å². The Morgan fingerprint density at radius 3 is 2.50 bits per heavy atom. The van der Waals surface area contributed by atoms with Crippen molar-refractivity contribution in [2.75, 3.05) is 5.75 Å². The Balaban J connectivity index is 1.19. The molecule has 6 rings (SSSR count). The van der Waals surface area contributed by atoms with Crippen molar-refractivity contribution in [2.24, 2.45) is 7.05 Å². The van der Waals surface area contributed by atoms with Crippen molar-refractivity contribution in [3.05, 3.63) is 138 Å². The minimum absolute atomic E-state index is 0.00677. The summed E-state index contributed by atoms with van der Waals surface area (Å²) in [6.07, 6.45) is 6.91. The number of nitrogens with one attached hydrogen (secondary N) is 1. The van der Waals surface area contributed by atoms with E-state index in [-0.39, 0.29) is 24.7 Å². The molecule has 3 unspecified atom stereocenters. The molecular weight excluding hydrogens is 572 g/mol. The Hall–Kier alpha value is -4.28. The summed E-state index contributed by atoms with van der Waals surface area (Å²) in [6.45, 7) is 0.402. The molecule has 3 aromatic carbocycles. The molecule has 0 spiro atoms. The van der Waals surface area contributed by atoms with Gasteiger partial charge in [0.2, 0.25) is 0 Å². The van der Waals surface area contributed by atoms with Gasteiger partial charge in [-0.3, -0.25) is 9.78 Å². The number of aliphatic hydroxyl groups excluding tert-OH is 1. The molecule has 2 aromatic heterocycles. The average molecular weight is 607 g/mol. The highest BCUT2D eigenvalue weighted by molar-refractivity contribution is 7.99. The Labute approximate surface area is 261 Å². The van der Waals surface area contributed by atoms with Crippen molar-refractivity contribution >= 4 is 17.7 Å². The molecule has 224 valence electrons. The van der Waals surface area contributed by atoms with Gasteiger partial charge in [-0.1, -0.05) is 84.6 Å². The Morgan fingerprint density at radius 1 is 0.977 bits per heavy atom. The number of aryl methyl sites for hydroxylation is 1. The van der Waals surface area contributed by atoms with Gasteiger partial charge in [0.1, 0.15) is 0 Å². The van der Waals surface area contributed by atoms with E-state index in [0.29, 0.717) is 18.5 Å². The lowest BCUT2D eigenvalue weighted by Crippen LogP contribution is -2.31. The second-order valence-corrected chi connectivity index (χ2v) is 11.7. The van der Waals surface area contributed by atoms with Gasteiger partial charge in [-0.15, -0.1) is 0 Å². The maximum absolute atomic E-state index is 12.6. The lowest BCUT2D eigenvalue weighted by molar-refractivity contribution is -0.245. The number of ether oxygens (including phenoxy) is 2. The highest BCUT2D eigenvalue weighted by atomic mass is 32.2.